The first-order chi connectivity index (χ1) is 7.77. The summed E-state index contributed by atoms with van der Waals surface area (Å²) in [6, 6.07) is 11.1. The second kappa shape index (κ2) is 5.62. The van der Waals surface area contributed by atoms with Crippen molar-refractivity contribution in [3.8, 4) is 0 Å². The lowest BCUT2D eigenvalue weighted by Crippen LogP contribution is -2.46. The van der Waals surface area contributed by atoms with Crippen molar-refractivity contribution in [1.82, 2.24) is 10.2 Å². The summed E-state index contributed by atoms with van der Waals surface area (Å²) in [7, 11) is 0. The molecule has 1 heterocycles. The van der Waals surface area contributed by atoms with Crippen LogP contribution in [0.4, 0.5) is 0 Å². The van der Waals surface area contributed by atoms with Crippen LogP contribution in [0.5, 0.6) is 0 Å². The molecular formula is C13H17BrN2. The van der Waals surface area contributed by atoms with E-state index in [-0.39, 0.29) is 0 Å². The zero-order chi connectivity index (χ0) is 11.4. The summed E-state index contributed by atoms with van der Waals surface area (Å²) in [4.78, 5) is 2.46. The predicted octanol–water partition coefficient (Wildman–Crippen LogP) is 2.54. The van der Waals surface area contributed by atoms with E-state index >= 15 is 0 Å². The minimum atomic E-state index is 0.462. The van der Waals surface area contributed by atoms with Crippen LogP contribution in [0.2, 0.25) is 0 Å². The van der Waals surface area contributed by atoms with Gasteiger partial charge in [0.25, 0.3) is 0 Å². The number of hydrogen-bond acceptors (Lipinski definition) is 2. The van der Waals surface area contributed by atoms with Crippen LogP contribution in [0.15, 0.2) is 41.4 Å². The number of nitrogens with zero attached hydrogens (tertiary/aromatic N) is 1. The minimum absolute atomic E-state index is 0.462. The number of benzene rings is 1. The molecule has 2 rings (SSSR count). The fraction of sp³-hybridized carbons (Fsp3) is 0.385. The topological polar surface area (TPSA) is 15.3 Å². The molecule has 1 atom stereocenters. The highest BCUT2D eigenvalue weighted by Crippen LogP contribution is 2.23. The number of hydrogen-bond donors (Lipinski definition) is 1. The fourth-order valence-corrected chi connectivity index (χ4v) is 2.48. The lowest BCUT2D eigenvalue weighted by atomic mass is 10.0. The van der Waals surface area contributed by atoms with Gasteiger partial charge in [-0.15, -0.1) is 0 Å². The first-order valence-electron chi connectivity index (χ1n) is 5.60. The summed E-state index contributed by atoms with van der Waals surface area (Å²) >= 11 is 3.45. The Hall–Kier alpha value is -0.640. The van der Waals surface area contributed by atoms with Crippen molar-refractivity contribution in [2.24, 2.45) is 0 Å². The highest BCUT2D eigenvalue weighted by Gasteiger charge is 2.23. The van der Waals surface area contributed by atoms with Crippen molar-refractivity contribution < 1.29 is 0 Å². The predicted molar refractivity (Wildman–Crippen MR) is 71.7 cm³/mol. The molecule has 0 aliphatic carbocycles. The Balaban J connectivity index is 2.13. The maximum atomic E-state index is 3.93. The van der Waals surface area contributed by atoms with Crippen LogP contribution in [0.3, 0.4) is 0 Å². The van der Waals surface area contributed by atoms with Gasteiger partial charge in [-0.2, -0.15) is 0 Å². The first kappa shape index (κ1) is 11.8. The van der Waals surface area contributed by atoms with E-state index < -0.39 is 0 Å². The quantitative estimate of drug-likeness (QED) is 0.916. The van der Waals surface area contributed by atoms with Gasteiger partial charge in [-0.05, 0) is 5.56 Å². The number of nitrogens with one attached hydrogen (secondary N) is 1. The molecule has 1 aromatic carbocycles. The third kappa shape index (κ3) is 2.94. The summed E-state index contributed by atoms with van der Waals surface area (Å²) in [5, 5.41) is 3.45. The highest BCUT2D eigenvalue weighted by molar-refractivity contribution is 9.11. The number of piperazine rings is 1. The molecule has 0 spiro atoms. The van der Waals surface area contributed by atoms with Gasteiger partial charge in [0, 0.05) is 36.7 Å². The Kier molecular flexibility index (Phi) is 4.16. The molecule has 86 valence electrons. The normalized spacial score (nSPS) is 21.9. The third-order valence-electron chi connectivity index (χ3n) is 2.91. The van der Waals surface area contributed by atoms with E-state index in [0.29, 0.717) is 6.04 Å². The molecule has 1 saturated heterocycles. The zero-order valence-electron chi connectivity index (χ0n) is 9.32. The third-order valence-corrected chi connectivity index (χ3v) is 3.16. The monoisotopic (exact) mass is 280 g/mol. The van der Waals surface area contributed by atoms with Crippen LogP contribution in [-0.4, -0.2) is 31.1 Å². The van der Waals surface area contributed by atoms with Crippen molar-refractivity contribution in [3.05, 3.63) is 47.0 Å². The summed E-state index contributed by atoms with van der Waals surface area (Å²) in [6.45, 7) is 8.00. The minimum Gasteiger partial charge on any atom is -0.314 e. The van der Waals surface area contributed by atoms with Gasteiger partial charge >= 0.3 is 0 Å². The van der Waals surface area contributed by atoms with Crippen LogP contribution in [0.25, 0.3) is 0 Å². The lowest BCUT2D eigenvalue weighted by molar-refractivity contribution is 0.179. The van der Waals surface area contributed by atoms with Gasteiger partial charge in [-0.3, -0.25) is 4.90 Å². The molecule has 1 unspecified atom stereocenters. The summed E-state index contributed by atoms with van der Waals surface area (Å²) < 4.78 is 1.05. The standard InChI is InChI=1S/C13H17BrN2/c1-11(14)10-16-8-7-15-9-13(16)12-5-3-2-4-6-12/h2-6,13,15H,1,7-10H2. The SMILES string of the molecule is C=C(Br)CN1CCNCC1c1ccccc1. The molecule has 1 N–H and O–H groups in total. The Morgan fingerprint density at radius 1 is 1.44 bits per heavy atom. The summed E-state index contributed by atoms with van der Waals surface area (Å²) in [5.74, 6) is 0. The Morgan fingerprint density at radius 3 is 2.88 bits per heavy atom. The van der Waals surface area contributed by atoms with Gasteiger partial charge < -0.3 is 5.32 Å². The van der Waals surface area contributed by atoms with Crippen molar-refractivity contribution in [3.63, 3.8) is 0 Å². The second-order valence-electron chi connectivity index (χ2n) is 4.12. The van der Waals surface area contributed by atoms with E-state index in [1.807, 2.05) is 0 Å². The molecular weight excluding hydrogens is 264 g/mol. The Labute approximate surface area is 105 Å². The molecule has 1 fully saturated rings. The molecule has 0 bridgehead atoms. The second-order valence-corrected chi connectivity index (χ2v) is 5.24. The molecule has 0 amide bonds. The molecule has 2 nitrogen and oxygen atoms in total. The molecule has 3 heteroatoms. The van der Waals surface area contributed by atoms with E-state index in [1.54, 1.807) is 0 Å². The van der Waals surface area contributed by atoms with E-state index in [9.17, 15) is 0 Å². The van der Waals surface area contributed by atoms with Gasteiger partial charge in [0.1, 0.15) is 0 Å². The Morgan fingerprint density at radius 2 is 2.19 bits per heavy atom. The molecule has 1 aliphatic rings. The maximum absolute atomic E-state index is 3.93. The fourth-order valence-electron chi connectivity index (χ4n) is 2.16. The van der Waals surface area contributed by atoms with Gasteiger partial charge in [0.2, 0.25) is 0 Å². The molecule has 1 aromatic rings. The molecule has 1 aliphatic heterocycles. The Bertz CT molecular complexity index is 350. The van der Waals surface area contributed by atoms with Gasteiger partial charge in [-0.25, -0.2) is 0 Å². The van der Waals surface area contributed by atoms with E-state index in [0.717, 1.165) is 30.7 Å². The average Bonchev–Trinajstić information content (AvgIpc) is 2.30. The summed E-state index contributed by atoms with van der Waals surface area (Å²) in [5.41, 5.74) is 1.38. The van der Waals surface area contributed by atoms with Crippen molar-refractivity contribution in [2.75, 3.05) is 26.2 Å². The van der Waals surface area contributed by atoms with Crippen molar-refractivity contribution >= 4 is 15.9 Å². The van der Waals surface area contributed by atoms with E-state index in [2.05, 4.69) is 63.1 Å². The van der Waals surface area contributed by atoms with E-state index in [1.165, 1.54) is 5.56 Å². The zero-order valence-corrected chi connectivity index (χ0v) is 10.9. The van der Waals surface area contributed by atoms with E-state index in [4.69, 9.17) is 0 Å². The van der Waals surface area contributed by atoms with Crippen LogP contribution < -0.4 is 5.32 Å². The molecule has 0 radical (unpaired) electrons. The molecule has 0 aromatic heterocycles. The highest BCUT2D eigenvalue weighted by atomic mass is 79.9. The smallest absolute Gasteiger partial charge is 0.0476 e. The summed E-state index contributed by atoms with van der Waals surface area (Å²) in [6.07, 6.45) is 0. The van der Waals surface area contributed by atoms with Crippen molar-refractivity contribution in [1.29, 1.82) is 0 Å². The van der Waals surface area contributed by atoms with Gasteiger partial charge in [0.05, 0.1) is 0 Å². The van der Waals surface area contributed by atoms with Crippen molar-refractivity contribution in [2.45, 2.75) is 6.04 Å². The van der Waals surface area contributed by atoms with Gasteiger partial charge in [-0.1, -0.05) is 52.8 Å². The van der Waals surface area contributed by atoms with Crippen LogP contribution in [0, 0.1) is 0 Å². The average molecular weight is 281 g/mol. The largest absolute Gasteiger partial charge is 0.314 e. The van der Waals surface area contributed by atoms with Gasteiger partial charge in [0.15, 0.2) is 0 Å². The van der Waals surface area contributed by atoms with Crippen LogP contribution >= 0.6 is 15.9 Å². The maximum Gasteiger partial charge on any atom is 0.0476 e. The first-order valence-corrected chi connectivity index (χ1v) is 6.39. The molecule has 0 saturated carbocycles. The molecule has 16 heavy (non-hydrogen) atoms. The lowest BCUT2D eigenvalue weighted by Gasteiger charge is -2.36. The van der Waals surface area contributed by atoms with Crippen LogP contribution in [0.1, 0.15) is 11.6 Å². The van der Waals surface area contributed by atoms with Crippen LogP contribution in [-0.2, 0) is 0 Å². The number of halogens is 1. The number of rotatable bonds is 3.